The van der Waals surface area contributed by atoms with Crippen LogP contribution in [0.2, 0.25) is 0 Å². The molecule has 0 aliphatic heterocycles. The largest absolute Gasteiger partial charge is 0.481 e. The van der Waals surface area contributed by atoms with Crippen molar-refractivity contribution in [3.05, 3.63) is 0 Å². The van der Waals surface area contributed by atoms with E-state index in [2.05, 4.69) is 15.9 Å². The summed E-state index contributed by atoms with van der Waals surface area (Å²) in [6.07, 6.45) is -6.34. The number of ketones is 1. The van der Waals surface area contributed by atoms with Gasteiger partial charge >= 0.3 is 0 Å². The lowest BCUT2D eigenvalue weighted by Crippen LogP contribution is -2.48. The van der Waals surface area contributed by atoms with E-state index in [4.69, 9.17) is 49.8 Å². The summed E-state index contributed by atoms with van der Waals surface area (Å²) in [7, 11) is 0. The lowest BCUT2D eigenvalue weighted by atomic mass is 9.98. The van der Waals surface area contributed by atoms with Crippen molar-refractivity contribution >= 4 is 45.6 Å². The van der Waals surface area contributed by atoms with Crippen LogP contribution in [0.1, 0.15) is 40.5 Å². The van der Waals surface area contributed by atoms with Crippen molar-refractivity contribution in [3.63, 3.8) is 0 Å². The molecule has 0 rings (SSSR count). The molecular formula is C17H33BrO14. The third-order valence-electron chi connectivity index (χ3n) is 2.14. The van der Waals surface area contributed by atoms with E-state index >= 15 is 0 Å². The zero-order chi connectivity index (χ0) is 27.0. The molecule has 0 saturated carbocycles. The first-order valence-electron chi connectivity index (χ1n) is 8.58. The number of aliphatic hydroxyl groups excluding tert-OH is 5. The number of alkyl halides is 1. The van der Waals surface area contributed by atoms with E-state index in [-0.39, 0.29) is 6.42 Å². The average molecular weight is 541 g/mol. The lowest BCUT2D eigenvalue weighted by Gasteiger charge is -2.24. The second-order valence-electron chi connectivity index (χ2n) is 5.51. The number of rotatable bonds is 8. The summed E-state index contributed by atoms with van der Waals surface area (Å²) >= 11 is 3.11. The molecule has 32 heavy (non-hydrogen) atoms. The number of carboxylic acids is 4. The van der Waals surface area contributed by atoms with Crippen LogP contribution in [-0.4, -0.2) is 112 Å². The van der Waals surface area contributed by atoms with Crippen molar-refractivity contribution in [2.45, 2.75) is 65.0 Å². The van der Waals surface area contributed by atoms with E-state index in [1.165, 1.54) is 0 Å². The molecule has 0 saturated heterocycles. The average Bonchev–Trinajstić information content (AvgIpc) is 2.61. The summed E-state index contributed by atoms with van der Waals surface area (Å²) in [4.78, 5) is 47.3. The molecule has 14 nitrogen and oxygen atoms in total. The zero-order valence-corrected chi connectivity index (χ0v) is 19.7. The SMILES string of the molecule is CC(=O)O.CC(=O)O.CC(=O)O.CC(=O)O.O=C(CCCBr)[C@@H](O)[C@@H](O)[C@H](O)[C@H](O)CO. The Morgan fingerprint density at radius 2 is 0.969 bits per heavy atom. The molecule has 0 aromatic rings. The van der Waals surface area contributed by atoms with Gasteiger partial charge < -0.3 is 46.0 Å². The molecule has 0 fully saturated rings. The number of halogens is 1. The Labute approximate surface area is 192 Å². The first-order valence-corrected chi connectivity index (χ1v) is 9.70. The van der Waals surface area contributed by atoms with Crippen LogP contribution in [0.15, 0.2) is 0 Å². The lowest BCUT2D eigenvalue weighted by molar-refractivity contribution is -0.147. The molecule has 0 aliphatic carbocycles. The van der Waals surface area contributed by atoms with E-state index in [9.17, 15) is 20.1 Å². The van der Waals surface area contributed by atoms with Crippen LogP contribution >= 0.6 is 15.9 Å². The highest BCUT2D eigenvalue weighted by Crippen LogP contribution is 2.09. The van der Waals surface area contributed by atoms with Crippen molar-refractivity contribution < 1.29 is 69.9 Å². The zero-order valence-electron chi connectivity index (χ0n) is 18.1. The summed E-state index contributed by atoms with van der Waals surface area (Å²) in [5.41, 5.74) is 0. The fraction of sp³-hybridized carbons (Fsp3) is 0.706. The van der Waals surface area contributed by atoms with E-state index in [1.54, 1.807) is 0 Å². The van der Waals surface area contributed by atoms with Gasteiger partial charge in [0.1, 0.15) is 24.4 Å². The minimum Gasteiger partial charge on any atom is -0.481 e. The van der Waals surface area contributed by atoms with Crippen LogP contribution in [0, 0.1) is 0 Å². The van der Waals surface area contributed by atoms with Crippen LogP contribution in [0.4, 0.5) is 0 Å². The molecule has 15 heteroatoms. The third-order valence-corrected chi connectivity index (χ3v) is 2.70. The van der Waals surface area contributed by atoms with E-state index in [0.29, 0.717) is 11.8 Å². The van der Waals surface area contributed by atoms with Gasteiger partial charge in [-0.25, -0.2) is 0 Å². The van der Waals surface area contributed by atoms with Gasteiger partial charge in [0.2, 0.25) is 0 Å². The number of aliphatic carboxylic acids is 4. The number of carbonyl (C=O) groups excluding carboxylic acids is 1. The fourth-order valence-corrected chi connectivity index (χ4v) is 1.38. The maximum Gasteiger partial charge on any atom is 0.300 e. The van der Waals surface area contributed by atoms with Gasteiger partial charge in [0.05, 0.1) is 6.61 Å². The maximum atomic E-state index is 11.3. The number of carboxylic acid groups (broad SMARTS) is 4. The second kappa shape index (κ2) is 26.9. The fourth-order valence-electron chi connectivity index (χ4n) is 1.10. The van der Waals surface area contributed by atoms with Crippen molar-refractivity contribution in [1.29, 1.82) is 0 Å². The first kappa shape index (κ1) is 40.2. The van der Waals surface area contributed by atoms with Crippen molar-refractivity contribution in [1.82, 2.24) is 0 Å². The molecule has 0 aromatic carbocycles. The van der Waals surface area contributed by atoms with Crippen molar-refractivity contribution in [3.8, 4) is 0 Å². The number of carbonyl (C=O) groups is 5. The molecule has 0 bridgehead atoms. The number of hydrogen-bond acceptors (Lipinski definition) is 10. The summed E-state index contributed by atoms with van der Waals surface area (Å²) in [5, 5.41) is 75.8. The van der Waals surface area contributed by atoms with Gasteiger partial charge in [-0.05, 0) is 6.42 Å². The van der Waals surface area contributed by atoms with Gasteiger partial charge in [-0.15, -0.1) is 0 Å². The smallest absolute Gasteiger partial charge is 0.300 e. The molecule has 0 heterocycles. The molecule has 0 amide bonds. The minimum atomic E-state index is -1.80. The number of aliphatic hydroxyl groups is 5. The highest BCUT2D eigenvalue weighted by molar-refractivity contribution is 9.09. The van der Waals surface area contributed by atoms with Gasteiger partial charge in [0.15, 0.2) is 5.78 Å². The highest BCUT2D eigenvalue weighted by Gasteiger charge is 2.33. The van der Waals surface area contributed by atoms with Crippen molar-refractivity contribution in [2.75, 3.05) is 11.9 Å². The highest BCUT2D eigenvalue weighted by atomic mass is 79.9. The van der Waals surface area contributed by atoms with Crippen molar-refractivity contribution in [2.24, 2.45) is 0 Å². The molecule has 0 unspecified atom stereocenters. The predicted molar refractivity (Wildman–Crippen MR) is 112 cm³/mol. The van der Waals surface area contributed by atoms with Gasteiger partial charge in [-0.3, -0.25) is 24.0 Å². The number of hydrogen-bond donors (Lipinski definition) is 9. The van der Waals surface area contributed by atoms with E-state index < -0.39 is 60.7 Å². The maximum absolute atomic E-state index is 11.3. The standard InChI is InChI=1S/C9H17BrO6.4C2H4O2/c10-3-1-2-5(12)7(14)9(16)8(15)6(13)4-11;4*1-2(3)4/h6-9,11,13-16H,1-4H2;4*1H3,(H,3,4)/t6-,7-,8-,9-;;;;/m1..../s1. The quantitative estimate of drug-likeness (QED) is 0.159. The Balaban J connectivity index is -0.000000123. The summed E-state index contributed by atoms with van der Waals surface area (Å²) in [6, 6.07) is 0. The predicted octanol–water partition coefficient (Wildman–Crippen LogP) is -1.47. The van der Waals surface area contributed by atoms with Crippen LogP contribution in [-0.2, 0) is 24.0 Å². The summed E-state index contributed by atoms with van der Waals surface area (Å²) in [6.45, 7) is 3.57. The second-order valence-corrected chi connectivity index (χ2v) is 6.30. The summed E-state index contributed by atoms with van der Waals surface area (Å²) in [5.74, 6) is -3.95. The molecule has 0 radical (unpaired) electrons. The molecule has 4 atom stereocenters. The van der Waals surface area contributed by atoms with Gasteiger partial charge in [-0.2, -0.15) is 0 Å². The van der Waals surface area contributed by atoms with Gasteiger partial charge in [-0.1, -0.05) is 15.9 Å². The normalized spacial score (nSPS) is 12.6. The van der Waals surface area contributed by atoms with Gasteiger partial charge in [0.25, 0.3) is 23.9 Å². The molecule has 0 aliphatic rings. The Morgan fingerprint density at radius 3 is 1.19 bits per heavy atom. The third kappa shape index (κ3) is 50.9. The molecule has 0 aromatic heterocycles. The van der Waals surface area contributed by atoms with E-state index in [1.807, 2.05) is 0 Å². The van der Waals surface area contributed by atoms with Crippen LogP contribution in [0.3, 0.4) is 0 Å². The Hall–Kier alpha value is -2.17. The topological polar surface area (TPSA) is 267 Å². The molecule has 192 valence electrons. The Kier molecular flexibility index (Phi) is 33.8. The Morgan fingerprint density at radius 1 is 0.688 bits per heavy atom. The Bertz CT molecular complexity index is 461. The summed E-state index contributed by atoms with van der Waals surface area (Å²) < 4.78 is 0. The van der Waals surface area contributed by atoms with Crippen LogP contribution < -0.4 is 0 Å². The van der Waals surface area contributed by atoms with Crippen LogP contribution in [0.5, 0.6) is 0 Å². The molecular weight excluding hydrogens is 508 g/mol. The number of Topliss-reactive ketones (excluding diaryl/α,β-unsaturated/α-hetero) is 1. The first-order chi connectivity index (χ1) is 14.4. The molecule has 9 N–H and O–H groups in total. The van der Waals surface area contributed by atoms with Gasteiger partial charge in [0, 0.05) is 39.4 Å². The minimum absolute atomic E-state index is 0.0609. The molecule has 0 spiro atoms. The van der Waals surface area contributed by atoms with Crippen LogP contribution in [0.25, 0.3) is 0 Å². The monoisotopic (exact) mass is 540 g/mol. The van der Waals surface area contributed by atoms with E-state index in [0.717, 1.165) is 27.7 Å².